The number of imidazole rings is 1. The van der Waals surface area contributed by atoms with Crippen LogP contribution in [0.3, 0.4) is 0 Å². The largest absolute Gasteiger partial charge is 0.376 e. The molecule has 2 atom stereocenters. The van der Waals surface area contributed by atoms with Crippen molar-refractivity contribution in [1.29, 1.82) is 0 Å². The number of hydrogen-bond donors (Lipinski definition) is 2. The molecule has 2 aromatic rings. The number of nitrogens with one attached hydrogen (secondary N) is 2. The van der Waals surface area contributed by atoms with Crippen molar-refractivity contribution in [2.75, 3.05) is 13.7 Å². The molecule has 1 aromatic heterocycles. The van der Waals surface area contributed by atoms with E-state index in [1.54, 1.807) is 6.92 Å². The van der Waals surface area contributed by atoms with Gasteiger partial charge in [-0.3, -0.25) is 10.1 Å². The van der Waals surface area contributed by atoms with Crippen molar-refractivity contribution in [3.63, 3.8) is 0 Å². The molecule has 27 heavy (non-hydrogen) atoms. The molecule has 1 aromatic carbocycles. The van der Waals surface area contributed by atoms with Crippen molar-refractivity contribution in [3.8, 4) is 11.3 Å². The third kappa shape index (κ3) is 4.90. The first kappa shape index (κ1) is 19.4. The Morgan fingerprint density at radius 1 is 1.37 bits per heavy atom. The molecule has 0 spiro atoms. The highest BCUT2D eigenvalue weighted by Crippen LogP contribution is 2.30. The highest BCUT2D eigenvalue weighted by atomic mass is 32.2. The fraction of sp³-hybridized carbons (Fsp3) is 0.421. The average molecular weight is 388 g/mol. The second-order valence-electron chi connectivity index (χ2n) is 6.37. The summed E-state index contributed by atoms with van der Waals surface area (Å²) in [6, 6.07) is 9.53. The van der Waals surface area contributed by atoms with Crippen molar-refractivity contribution in [2.24, 2.45) is 0 Å². The molecule has 3 amide bonds. The van der Waals surface area contributed by atoms with Gasteiger partial charge in [-0.2, -0.15) is 0 Å². The molecule has 0 bridgehead atoms. The highest BCUT2D eigenvalue weighted by molar-refractivity contribution is 8.00. The lowest BCUT2D eigenvalue weighted by Crippen LogP contribution is -2.41. The summed E-state index contributed by atoms with van der Waals surface area (Å²) in [5.74, 6) is -0.354. The summed E-state index contributed by atoms with van der Waals surface area (Å²) < 4.78 is 7.91. The minimum atomic E-state index is -0.514. The number of imide groups is 1. The minimum Gasteiger partial charge on any atom is -0.376 e. The lowest BCUT2D eigenvalue weighted by atomic mass is 10.1. The van der Waals surface area contributed by atoms with Gasteiger partial charge in [0.2, 0.25) is 5.91 Å². The third-order valence-electron chi connectivity index (χ3n) is 4.41. The molecule has 2 heterocycles. The van der Waals surface area contributed by atoms with E-state index in [0.29, 0.717) is 6.54 Å². The molecule has 8 heteroatoms. The molecular weight excluding hydrogens is 364 g/mol. The van der Waals surface area contributed by atoms with Gasteiger partial charge < -0.3 is 14.6 Å². The molecule has 0 radical (unpaired) electrons. The Kier molecular flexibility index (Phi) is 6.52. The van der Waals surface area contributed by atoms with Gasteiger partial charge in [-0.25, -0.2) is 9.78 Å². The van der Waals surface area contributed by atoms with Gasteiger partial charge in [0, 0.05) is 13.7 Å². The van der Waals surface area contributed by atoms with E-state index in [9.17, 15) is 9.59 Å². The molecular formula is C19H24N4O3S. The Morgan fingerprint density at radius 3 is 2.81 bits per heavy atom. The summed E-state index contributed by atoms with van der Waals surface area (Å²) in [4.78, 5) is 28.1. The fourth-order valence-corrected chi connectivity index (χ4v) is 3.84. The Hall–Kier alpha value is -2.32. The van der Waals surface area contributed by atoms with Gasteiger partial charge in [0.1, 0.15) is 0 Å². The van der Waals surface area contributed by atoms with Crippen LogP contribution in [0, 0.1) is 0 Å². The number of carbonyl (C=O) groups is 2. The Bertz CT molecular complexity index is 788. The molecule has 144 valence electrons. The van der Waals surface area contributed by atoms with Gasteiger partial charge in [0.05, 0.1) is 29.8 Å². The Morgan fingerprint density at radius 2 is 2.15 bits per heavy atom. The predicted molar refractivity (Wildman–Crippen MR) is 105 cm³/mol. The van der Waals surface area contributed by atoms with E-state index in [1.165, 1.54) is 18.8 Å². The number of benzene rings is 1. The topological polar surface area (TPSA) is 85.3 Å². The normalized spacial score (nSPS) is 17.5. The summed E-state index contributed by atoms with van der Waals surface area (Å²) in [7, 11) is 1.47. The molecule has 0 saturated carbocycles. The van der Waals surface area contributed by atoms with Crippen LogP contribution in [0.5, 0.6) is 0 Å². The van der Waals surface area contributed by atoms with E-state index >= 15 is 0 Å². The second kappa shape index (κ2) is 9.05. The van der Waals surface area contributed by atoms with Crippen LogP contribution in [-0.2, 0) is 16.1 Å². The number of aromatic nitrogens is 2. The summed E-state index contributed by atoms with van der Waals surface area (Å²) in [6.07, 6.45) is 4.06. The Labute approximate surface area is 162 Å². The van der Waals surface area contributed by atoms with E-state index in [0.717, 1.165) is 35.9 Å². The van der Waals surface area contributed by atoms with Crippen molar-refractivity contribution in [2.45, 2.75) is 42.8 Å². The van der Waals surface area contributed by atoms with Crippen LogP contribution < -0.4 is 10.6 Å². The minimum absolute atomic E-state index is 0.149. The number of hydrogen-bond acceptors (Lipinski definition) is 5. The summed E-state index contributed by atoms with van der Waals surface area (Å²) in [5, 5.41) is 4.97. The standard InChI is InChI=1S/C19H24N4O3S/c1-13(17(24)22-18(25)20-2)27-19-21-11-16(14-7-4-3-5-8-14)23(19)12-15-9-6-10-26-15/h3-5,7-8,11,13,15H,6,9-10,12H2,1-2H3,(H2,20,22,24,25)/t13-,15-/m0/s1. The summed E-state index contributed by atoms with van der Waals surface area (Å²) >= 11 is 1.33. The SMILES string of the molecule is CNC(=O)NC(=O)[C@H](C)Sc1ncc(-c2ccccc2)n1C[C@@H]1CCCO1. The first-order valence-corrected chi connectivity index (χ1v) is 9.88. The molecule has 2 N–H and O–H groups in total. The highest BCUT2D eigenvalue weighted by Gasteiger charge is 2.24. The molecule has 0 aliphatic carbocycles. The van der Waals surface area contributed by atoms with Gasteiger partial charge in [0.25, 0.3) is 0 Å². The summed E-state index contributed by atoms with van der Waals surface area (Å²) in [5.41, 5.74) is 2.06. The van der Waals surface area contributed by atoms with E-state index < -0.39 is 11.3 Å². The van der Waals surface area contributed by atoms with E-state index in [1.807, 2.05) is 36.5 Å². The lowest BCUT2D eigenvalue weighted by Gasteiger charge is -2.17. The molecule has 0 unspecified atom stereocenters. The first-order valence-electron chi connectivity index (χ1n) is 9.00. The maximum absolute atomic E-state index is 12.2. The van der Waals surface area contributed by atoms with Crippen LogP contribution in [0.15, 0.2) is 41.7 Å². The van der Waals surface area contributed by atoms with E-state index in [2.05, 4.69) is 20.2 Å². The van der Waals surface area contributed by atoms with Crippen LogP contribution in [0.1, 0.15) is 19.8 Å². The van der Waals surface area contributed by atoms with Crippen molar-refractivity contribution in [3.05, 3.63) is 36.5 Å². The summed E-state index contributed by atoms with van der Waals surface area (Å²) in [6.45, 7) is 3.24. The molecule has 1 aliphatic rings. The number of carbonyl (C=O) groups excluding carboxylic acids is 2. The van der Waals surface area contributed by atoms with Crippen molar-refractivity contribution < 1.29 is 14.3 Å². The maximum Gasteiger partial charge on any atom is 0.321 e. The molecule has 1 fully saturated rings. The number of nitrogens with zero attached hydrogens (tertiary/aromatic N) is 2. The van der Waals surface area contributed by atoms with E-state index in [-0.39, 0.29) is 12.0 Å². The lowest BCUT2D eigenvalue weighted by molar-refractivity contribution is -0.119. The number of amides is 3. The molecule has 3 rings (SSSR count). The third-order valence-corrected chi connectivity index (χ3v) is 5.52. The number of urea groups is 1. The molecule has 1 aliphatic heterocycles. The average Bonchev–Trinajstić information content (AvgIpc) is 3.33. The van der Waals surface area contributed by atoms with Gasteiger partial charge >= 0.3 is 6.03 Å². The van der Waals surface area contributed by atoms with Crippen LogP contribution in [0.2, 0.25) is 0 Å². The van der Waals surface area contributed by atoms with E-state index in [4.69, 9.17) is 4.74 Å². The van der Waals surface area contributed by atoms with Crippen molar-refractivity contribution >= 4 is 23.7 Å². The number of thioether (sulfide) groups is 1. The fourth-order valence-electron chi connectivity index (χ4n) is 2.95. The zero-order chi connectivity index (χ0) is 19.2. The van der Waals surface area contributed by atoms with Crippen LogP contribution in [0.25, 0.3) is 11.3 Å². The van der Waals surface area contributed by atoms with Gasteiger partial charge in [-0.15, -0.1) is 0 Å². The molecule has 1 saturated heterocycles. The second-order valence-corrected chi connectivity index (χ2v) is 7.67. The first-order chi connectivity index (χ1) is 13.1. The van der Waals surface area contributed by atoms with Gasteiger partial charge in [-0.1, -0.05) is 42.1 Å². The molecule has 7 nitrogen and oxygen atoms in total. The van der Waals surface area contributed by atoms with Crippen molar-refractivity contribution in [1.82, 2.24) is 20.2 Å². The number of rotatable bonds is 6. The zero-order valence-corrected chi connectivity index (χ0v) is 16.3. The maximum atomic E-state index is 12.2. The monoisotopic (exact) mass is 388 g/mol. The van der Waals surface area contributed by atoms with Crippen LogP contribution in [0.4, 0.5) is 4.79 Å². The zero-order valence-electron chi connectivity index (χ0n) is 15.5. The van der Waals surface area contributed by atoms with Gasteiger partial charge in [-0.05, 0) is 25.3 Å². The van der Waals surface area contributed by atoms with Crippen LogP contribution in [-0.4, -0.2) is 46.5 Å². The predicted octanol–water partition coefficient (Wildman–Crippen LogP) is 2.67. The van der Waals surface area contributed by atoms with Gasteiger partial charge in [0.15, 0.2) is 5.16 Å². The quantitative estimate of drug-likeness (QED) is 0.743. The smallest absolute Gasteiger partial charge is 0.321 e. The Balaban J connectivity index is 1.82. The van der Waals surface area contributed by atoms with Crippen LogP contribution >= 0.6 is 11.8 Å². The number of ether oxygens (including phenoxy) is 1.